The van der Waals surface area contributed by atoms with Crippen LogP contribution in [0.4, 0.5) is 0 Å². The van der Waals surface area contributed by atoms with Crippen LogP contribution in [0.3, 0.4) is 0 Å². The van der Waals surface area contributed by atoms with Gasteiger partial charge in [0.05, 0.1) is 0 Å². The summed E-state index contributed by atoms with van der Waals surface area (Å²) >= 11 is 0. The van der Waals surface area contributed by atoms with Crippen molar-refractivity contribution in [2.24, 2.45) is 5.73 Å². The Morgan fingerprint density at radius 1 is 1.26 bits per heavy atom. The topological polar surface area (TPSA) is 55.1 Å². The fourth-order valence-corrected chi connectivity index (χ4v) is 1.84. The Bertz CT molecular complexity index is 404. The third-order valence-electron chi connectivity index (χ3n) is 3.22. The van der Waals surface area contributed by atoms with E-state index in [1.54, 1.807) is 0 Å². The maximum atomic E-state index is 11.6. The molecule has 0 unspecified atom stereocenters. The lowest BCUT2D eigenvalue weighted by Gasteiger charge is -2.19. The Kier molecular flexibility index (Phi) is 5.55. The van der Waals surface area contributed by atoms with Crippen molar-refractivity contribution in [1.82, 2.24) is 5.32 Å². The van der Waals surface area contributed by atoms with Gasteiger partial charge in [-0.25, -0.2) is 0 Å². The van der Waals surface area contributed by atoms with Crippen molar-refractivity contribution in [2.45, 2.75) is 52.0 Å². The van der Waals surface area contributed by atoms with E-state index < -0.39 is 0 Å². The van der Waals surface area contributed by atoms with Crippen molar-refractivity contribution in [3.63, 3.8) is 0 Å². The van der Waals surface area contributed by atoms with Gasteiger partial charge in [0, 0.05) is 19.0 Å². The van der Waals surface area contributed by atoms with Crippen LogP contribution in [-0.2, 0) is 16.6 Å². The van der Waals surface area contributed by atoms with Gasteiger partial charge in [-0.2, -0.15) is 0 Å². The van der Waals surface area contributed by atoms with E-state index in [1.807, 2.05) is 6.92 Å². The first-order valence-corrected chi connectivity index (χ1v) is 6.92. The molecular formula is C16H26N2O. The summed E-state index contributed by atoms with van der Waals surface area (Å²) < 4.78 is 0. The molecule has 0 bridgehead atoms. The molecule has 3 heteroatoms. The second-order valence-electron chi connectivity index (χ2n) is 6.15. The molecule has 0 fully saturated rings. The number of benzene rings is 1. The molecule has 1 aromatic carbocycles. The van der Waals surface area contributed by atoms with Crippen LogP contribution in [-0.4, -0.2) is 18.5 Å². The lowest BCUT2D eigenvalue weighted by molar-refractivity contribution is -0.121. The number of carbonyl (C=O) groups excluding carboxylic acids is 1. The SMILES string of the molecule is C[C@@H](CN)NC(=O)CCc1ccc(C(C)(C)C)cc1. The zero-order valence-electron chi connectivity index (χ0n) is 12.5. The number of aryl methyl sites for hydroxylation is 1. The van der Waals surface area contributed by atoms with Gasteiger partial charge in [-0.05, 0) is 29.9 Å². The van der Waals surface area contributed by atoms with E-state index in [1.165, 1.54) is 11.1 Å². The number of nitrogens with two attached hydrogens (primary N) is 1. The maximum absolute atomic E-state index is 11.6. The highest BCUT2D eigenvalue weighted by atomic mass is 16.1. The number of hydrogen-bond donors (Lipinski definition) is 2. The van der Waals surface area contributed by atoms with E-state index in [2.05, 4.69) is 50.4 Å². The smallest absolute Gasteiger partial charge is 0.220 e. The van der Waals surface area contributed by atoms with Gasteiger partial charge >= 0.3 is 0 Å². The second-order valence-corrected chi connectivity index (χ2v) is 6.15. The van der Waals surface area contributed by atoms with Crippen LogP contribution in [0.15, 0.2) is 24.3 Å². The number of carbonyl (C=O) groups is 1. The van der Waals surface area contributed by atoms with Crippen molar-refractivity contribution >= 4 is 5.91 Å². The molecule has 1 amide bonds. The fourth-order valence-electron chi connectivity index (χ4n) is 1.84. The van der Waals surface area contributed by atoms with Crippen molar-refractivity contribution in [3.8, 4) is 0 Å². The normalized spacial score (nSPS) is 13.1. The molecule has 0 aliphatic rings. The predicted octanol–water partition coefficient (Wildman–Crippen LogP) is 2.38. The largest absolute Gasteiger partial charge is 0.352 e. The molecule has 0 aliphatic heterocycles. The Morgan fingerprint density at radius 3 is 2.32 bits per heavy atom. The molecule has 1 aromatic rings. The van der Waals surface area contributed by atoms with Crippen molar-refractivity contribution in [1.29, 1.82) is 0 Å². The Hall–Kier alpha value is -1.35. The van der Waals surface area contributed by atoms with Crippen molar-refractivity contribution < 1.29 is 4.79 Å². The van der Waals surface area contributed by atoms with Gasteiger partial charge in [0.1, 0.15) is 0 Å². The molecule has 0 heterocycles. The van der Waals surface area contributed by atoms with Crippen LogP contribution in [0.5, 0.6) is 0 Å². The van der Waals surface area contributed by atoms with Gasteiger partial charge in [-0.15, -0.1) is 0 Å². The highest BCUT2D eigenvalue weighted by Crippen LogP contribution is 2.22. The molecule has 0 saturated heterocycles. The first-order valence-electron chi connectivity index (χ1n) is 6.92. The van der Waals surface area contributed by atoms with E-state index in [9.17, 15) is 4.79 Å². The third-order valence-corrected chi connectivity index (χ3v) is 3.22. The summed E-state index contributed by atoms with van der Waals surface area (Å²) in [6.07, 6.45) is 1.28. The van der Waals surface area contributed by atoms with E-state index >= 15 is 0 Å². The summed E-state index contributed by atoms with van der Waals surface area (Å²) in [6.45, 7) is 8.99. The molecule has 0 radical (unpaired) electrons. The minimum Gasteiger partial charge on any atom is -0.352 e. The molecule has 0 saturated carbocycles. The molecule has 3 nitrogen and oxygen atoms in total. The molecule has 1 atom stereocenters. The van der Waals surface area contributed by atoms with Gasteiger partial charge in [0.2, 0.25) is 5.91 Å². The van der Waals surface area contributed by atoms with Crippen LogP contribution in [0, 0.1) is 0 Å². The second kappa shape index (κ2) is 6.71. The van der Waals surface area contributed by atoms with Crippen LogP contribution in [0.25, 0.3) is 0 Å². The van der Waals surface area contributed by atoms with Gasteiger partial charge in [0.25, 0.3) is 0 Å². The summed E-state index contributed by atoms with van der Waals surface area (Å²) in [5.41, 5.74) is 8.16. The molecule has 0 aromatic heterocycles. The molecule has 0 aliphatic carbocycles. The van der Waals surface area contributed by atoms with E-state index in [-0.39, 0.29) is 17.4 Å². The molecule has 0 spiro atoms. The highest BCUT2D eigenvalue weighted by molar-refractivity contribution is 5.76. The number of rotatable bonds is 5. The van der Waals surface area contributed by atoms with E-state index in [0.717, 1.165) is 6.42 Å². The number of hydrogen-bond acceptors (Lipinski definition) is 2. The first-order chi connectivity index (χ1) is 8.82. The minimum absolute atomic E-state index is 0.0516. The Balaban J connectivity index is 2.48. The lowest BCUT2D eigenvalue weighted by Crippen LogP contribution is -2.37. The predicted molar refractivity (Wildman–Crippen MR) is 80.1 cm³/mol. The molecule has 19 heavy (non-hydrogen) atoms. The van der Waals surface area contributed by atoms with E-state index in [4.69, 9.17) is 5.73 Å². The summed E-state index contributed by atoms with van der Waals surface area (Å²) in [5.74, 6) is 0.0675. The number of nitrogens with one attached hydrogen (secondary N) is 1. The molecular weight excluding hydrogens is 236 g/mol. The van der Waals surface area contributed by atoms with Crippen LogP contribution < -0.4 is 11.1 Å². The van der Waals surface area contributed by atoms with Gasteiger partial charge < -0.3 is 11.1 Å². The van der Waals surface area contributed by atoms with Gasteiger partial charge in [-0.1, -0.05) is 45.0 Å². The van der Waals surface area contributed by atoms with Gasteiger partial charge in [-0.3, -0.25) is 4.79 Å². The standard InChI is InChI=1S/C16H26N2O/c1-12(11-17)18-15(19)10-7-13-5-8-14(9-6-13)16(2,3)4/h5-6,8-9,12H,7,10-11,17H2,1-4H3,(H,18,19)/t12-/m0/s1. The lowest BCUT2D eigenvalue weighted by atomic mass is 9.86. The summed E-state index contributed by atoms with van der Waals surface area (Å²) in [5, 5.41) is 2.87. The Morgan fingerprint density at radius 2 is 1.84 bits per heavy atom. The van der Waals surface area contributed by atoms with Crippen LogP contribution >= 0.6 is 0 Å². The quantitative estimate of drug-likeness (QED) is 0.856. The average Bonchev–Trinajstić information content (AvgIpc) is 2.35. The molecule has 3 N–H and O–H groups in total. The summed E-state index contributed by atoms with van der Waals surface area (Å²) in [6, 6.07) is 8.57. The first kappa shape index (κ1) is 15.7. The monoisotopic (exact) mass is 262 g/mol. The average molecular weight is 262 g/mol. The maximum Gasteiger partial charge on any atom is 0.220 e. The summed E-state index contributed by atoms with van der Waals surface area (Å²) in [7, 11) is 0. The van der Waals surface area contributed by atoms with Crippen LogP contribution in [0.1, 0.15) is 45.2 Å². The molecule has 1 rings (SSSR count). The minimum atomic E-state index is 0.0516. The fraction of sp³-hybridized carbons (Fsp3) is 0.562. The third kappa shape index (κ3) is 5.43. The van der Waals surface area contributed by atoms with Crippen molar-refractivity contribution in [3.05, 3.63) is 35.4 Å². The highest BCUT2D eigenvalue weighted by Gasteiger charge is 2.13. The summed E-state index contributed by atoms with van der Waals surface area (Å²) in [4.78, 5) is 11.6. The van der Waals surface area contributed by atoms with E-state index in [0.29, 0.717) is 13.0 Å². The van der Waals surface area contributed by atoms with Crippen LogP contribution in [0.2, 0.25) is 0 Å². The van der Waals surface area contributed by atoms with Gasteiger partial charge in [0.15, 0.2) is 0 Å². The number of amides is 1. The zero-order valence-corrected chi connectivity index (χ0v) is 12.5. The zero-order chi connectivity index (χ0) is 14.5. The van der Waals surface area contributed by atoms with Crippen molar-refractivity contribution in [2.75, 3.05) is 6.54 Å². The molecule has 106 valence electrons. The Labute approximate surface area is 116 Å².